The SMILES string of the molecule is [2H]c1c([2H])c([2H])c(C2(c3cccc4sc5ccccc5c34)c3ccccc3-c3cc(N(c4ccccc4)c4ccc5ccccc5c4)ccc32)c([2H])c1[2H]. The Balaban J connectivity index is 1.33. The van der Waals surface area contributed by atoms with Crippen molar-refractivity contribution in [1.29, 1.82) is 0 Å². The maximum absolute atomic E-state index is 9.51. The second kappa shape index (κ2) is 11.1. The first-order valence-electron chi connectivity index (χ1n) is 18.9. The predicted molar refractivity (Wildman–Crippen MR) is 209 cm³/mol. The molecule has 0 spiro atoms. The van der Waals surface area contributed by atoms with E-state index in [1.807, 2.05) is 48.5 Å². The molecule has 230 valence electrons. The molecule has 8 aromatic carbocycles. The summed E-state index contributed by atoms with van der Waals surface area (Å²) < 4.78 is 47.6. The van der Waals surface area contributed by atoms with Gasteiger partial charge in [-0.2, -0.15) is 0 Å². The highest BCUT2D eigenvalue weighted by molar-refractivity contribution is 7.25. The lowest BCUT2D eigenvalue weighted by molar-refractivity contribution is 0.777. The second-order valence-electron chi connectivity index (χ2n) is 12.5. The van der Waals surface area contributed by atoms with Crippen LogP contribution in [-0.4, -0.2) is 0 Å². The molecule has 9 aromatic rings. The Morgan fingerprint density at radius 3 is 2.04 bits per heavy atom. The Bertz CT molecular complexity index is 2940. The van der Waals surface area contributed by atoms with Crippen LogP contribution in [0.5, 0.6) is 0 Å². The van der Waals surface area contributed by atoms with Gasteiger partial charge in [0.2, 0.25) is 0 Å². The van der Waals surface area contributed by atoms with Crippen LogP contribution >= 0.6 is 11.3 Å². The first kappa shape index (κ1) is 23.4. The van der Waals surface area contributed by atoms with E-state index in [2.05, 4.69) is 114 Å². The highest BCUT2D eigenvalue weighted by Crippen LogP contribution is 2.59. The predicted octanol–water partition coefficient (Wildman–Crippen LogP) is 13.0. The van der Waals surface area contributed by atoms with E-state index in [1.165, 1.54) is 0 Å². The van der Waals surface area contributed by atoms with Gasteiger partial charge in [-0.3, -0.25) is 0 Å². The quantitative estimate of drug-likeness (QED) is 0.180. The zero-order valence-electron chi connectivity index (χ0n) is 31.4. The molecular formula is C47H31NS. The summed E-state index contributed by atoms with van der Waals surface area (Å²) in [6.07, 6.45) is 0. The Kier molecular flexibility index (Phi) is 5.27. The van der Waals surface area contributed by atoms with E-state index < -0.39 is 11.5 Å². The van der Waals surface area contributed by atoms with Crippen molar-refractivity contribution in [2.75, 3.05) is 4.90 Å². The Labute approximate surface area is 297 Å². The number of hydrogen-bond acceptors (Lipinski definition) is 2. The number of para-hydroxylation sites is 1. The summed E-state index contributed by atoms with van der Waals surface area (Å²) in [5, 5.41) is 4.40. The van der Waals surface area contributed by atoms with E-state index in [0.717, 1.165) is 75.8 Å². The lowest BCUT2D eigenvalue weighted by atomic mass is 9.66. The van der Waals surface area contributed by atoms with E-state index >= 15 is 0 Å². The fourth-order valence-corrected chi connectivity index (χ4v) is 9.10. The van der Waals surface area contributed by atoms with Crippen LogP contribution in [0.4, 0.5) is 17.1 Å². The van der Waals surface area contributed by atoms with Crippen molar-refractivity contribution in [3.63, 3.8) is 0 Å². The molecule has 0 bridgehead atoms. The Morgan fingerprint density at radius 2 is 1.14 bits per heavy atom. The second-order valence-corrected chi connectivity index (χ2v) is 13.6. The van der Waals surface area contributed by atoms with Crippen LogP contribution in [0.15, 0.2) is 188 Å². The summed E-state index contributed by atoms with van der Waals surface area (Å²) in [7, 11) is 0. The number of benzene rings is 8. The third kappa shape index (κ3) is 4.18. The highest BCUT2D eigenvalue weighted by Gasteiger charge is 2.47. The molecule has 1 aliphatic carbocycles. The molecule has 1 unspecified atom stereocenters. The van der Waals surface area contributed by atoms with E-state index in [1.54, 1.807) is 11.3 Å². The van der Waals surface area contributed by atoms with Crippen LogP contribution in [0.2, 0.25) is 0 Å². The molecule has 49 heavy (non-hydrogen) atoms. The monoisotopic (exact) mass is 646 g/mol. The molecule has 1 nitrogen and oxygen atoms in total. The molecule has 2 heteroatoms. The standard InChI is InChI=1S/C47H31NS/c1-3-16-34(17-4-1)47(43-23-13-25-45-46(43)39-21-10-12-24-44(39)49-45)41-22-11-9-20-38(41)40-31-37(28-29-42(40)47)48(35-18-5-2-6-19-35)36-27-26-32-14-7-8-15-33(32)30-36/h1-31H/i1D,3D,4D,16D,17D. The minimum Gasteiger partial charge on any atom is -0.310 e. The van der Waals surface area contributed by atoms with Crippen LogP contribution in [0, 0.1) is 0 Å². The van der Waals surface area contributed by atoms with Crippen LogP contribution in [0.25, 0.3) is 42.1 Å². The molecule has 0 saturated carbocycles. The third-order valence-corrected chi connectivity index (χ3v) is 11.1. The Morgan fingerprint density at radius 1 is 0.469 bits per heavy atom. The molecule has 1 aliphatic rings. The fourth-order valence-electron chi connectivity index (χ4n) is 7.97. The maximum atomic E-state index is 9.51. The van der Waals surface area contributed by atoms with Crippen molar-refractivity contribution in [3.05, 3.63) is 210 Å². The van der Waals surface area contributed by atoms with Crippen molar-refractivity contribution in [3.8, 4) is 11.1 Å². The minimum atomic E-state index is -1.23. The Hall–Kier alpha value is -5.96. The number of anilines is 3. The van der Waals surface area contributed by atoms with Gasteiger partial charge in [-0.05, 0) is 92.7 Å². The topological polar surface area (TPSA) is 3.24 Å². The lowest BCUT2D eigenvalue weighted by Gasteiger charge is -2.35. The van der Waals surface area contributed by atoms with E-state index in [0.29, 0.717) is 0 Å². The zero-order valence-corrected chi connectivity index (χ0v) is 27.2. The summed E-state index contributed by atoms with van der Waals surface area (Å²) in [5.41, 5.74) is 6.55. The molecule has 0 aliphatic heterocycles. The molecule has 0 saturated heterocycles. The van der Waals surface area contributed by atoms with Crippen LogP contribution in [0.3, 0.4) is 0 Å². The van der Waals surface area contributed by atoms with Crippen molar-refractivity contribution < 1.29 is 6.85 Å². The number of hydrogen-bond donors (Lipinski definition) is 0. The molecule has 0 fully saturated rings. The summed E-state index contributed by atoms with van der Waals surface area (Å²) in [6, 6.07) is 52.9. The zero-order chi connectivity index (χ0) is 36.7. The average molecular weight is 647 g/mol. The first-order chi connectivity index (χ1) is 26.4. The molecule has 0 radical (unpaired) electrons. The smallest absolute Gasteiger partial charge is 0.0720 e. The molecule has 0 N–H and O–H groups in total. The summed E-state index contributed by atoms with van der Waals surface area (Å²) in [6.45, 7) is 0. The summed E-state index contributed by atoms with van der Waals surface area (Å²) in [5.74, 6) is 0. The third-order valence-electron chi connectivity index (χ3n) is 9.97. The normalized spacial score (nSPS) is 16.4. The van der Waals surface area contributed by atoms with Crippen molar-refractivity contribution in [2.45, 2.75) is 5.41 Å². The summed E-state index contributed by atoms with van der Waals surface area (Å²) in [4.78, 5) is 2.26. The van der Waals surface area contributed by atoms with Crippen molar-refractivity contribution in [1.82, 2.24) is 0 Å². The number of fused-ring (bicyclic) bond motifs is 7. The molecular weight excluding hydrogens is 611 g/mol. The summed E-state index contributed by atoms with van der Waals surface area (Å²) >= 11 is 1.71. The van der Waals surface area contributed by atoms with Crippen LogP contribution < -0.4 is 4.90 Å². The van der Waals surface area contributed by atoms with Gasteiger partial charge in [-0.1, -0.05) is 139 Å². The van der Waals surface area contributed by atoms with Gasteiger partial charge in [-0.25, -0.2) is 0 Å². The molecule has 1 heterocycles. The number of nitrogens with zero attached hydrogens (tertiary/aromatic N) is 1. The highest BCUT2D eigenvalue weighted by atomic mass is 32.1. The van der Waals surface area contributed by atoms with Crippen LogP contribution in [-0.2, 0) is 5.41 Å². The molecule has 10 rings (SSSR count). The number of thiophene rings is 1. The fraction of sp³-hybridized carbons (Fsp3) is 0.0213. The van der Waals surface area contributed by atoms with Gasteiger partial charge in [-0.15, -0.1) is 11.3 Å². The average Bonchev–Trinajstić information content (AvgIpc) is 3.74. The molecule has 1 atom stereocenters. The van der Waals surface area contributed by atoms with Gasteiger partial charge in [0, 0.05) is 37.2 Å². The molecule has 1 aromatic heterocycles. The van der Waals surface area contributed by atoms with Gasteiger partial charge in [0.15, 0.2) is 0 Å². The van der Waals surface area contributed by atoms with Crippen molar-refractivity contribution >= 4 is 59.3 Å². The van der Waals surface area contributed by atoms with Crippen molar-refractivity contribution in [2.24, 2.45) is 0 Å². The van der Waals surface area contributed by atoms with E-state index in [-0.39, 0.29) is 29.7 Å². The van der Waals surface area contributed by atoms with E-state index in [4.69, 9.17) is 4.11 Å². The van der Waals surface area contributed by atoms with E-state index in [9.17, 15) is 2.74 Å². The van der Waals surface area contributed by atoms with Gasteiger partial charge < -0.3 is 4.90 Å². The van der Waals surface area contributed by atoms with Crippen LogP contribution in [0.1, 0.15) is 29.1 Å². The molecule has 0 amide bonds. The van der Waals surface area contributed by atoms with Gasteiger partial charge in [0.05, 0.1) is 12.3 Å². The van der Waals surface area contributed by atoms with Gasteiger partial charge in [0.1, 0.15) is 0 Å². The lowest BCUT2D eigenvalue weighted by Crippen LogP contribution is -2.28. The van der Waals surface area contributed by atoms with Gasteiger partial charge >= 0.3 is 0 Å². The first-order valence-corrected chi connectivity index (χ1v) is 17.3. The van der Waals surface area contributed by atoms with Gasteiger partial charge in [0.25, 0.3) is 0 Å². The minimum absolute atomic E-state index is 0.202. The maximum Gasteiger partial charge on any atom is 0.0720 e. The number of rotatable bonds is 5. The largest absolute Gasteiger partial charge is 0.310 e.